The lowest BCUT2D eigenvalue weighted by Crippen LogP contribution is -2.36. The number of fused-ring (bicyclic) bond motifs is 1. The quantitative estimate of drug-likeness (QED) is 0.273. The first-order chi connectivity index (χ1) is 16.6. The summed E-state index contributed by atoms with van der Waals surface area (Å²) in [6, 6.07) is 17.6. The maximum Gasteiger partial charge on any atom is 0.328 e. The van der Waals surface area contributed by atoms with Crippen LogP contribution in [0.2, 0.25) is 5.02 Å². The molecule has 0 spiro atoms. The fourth-order valence-electron chi connectivity index (χ4n) is 3.81. The molecule has 0 bridgehead atoms. The van der Waals surface area contributed by atoms with E-state index in [0.29, 0.717) is 27.3 Å². The summed E-state index contributed by atoms with van der Waals surface area (Å²) >= 11 is 9.54. The Kier molecular flexibility index (Phi) is 6.95. The number of hydrogen-bond acceptors (Lipinski definition) is 3. The van der Waals surface area contributed by atoms with Crippen LogP contribution >= 0.6 is 27.5 Å². The van der Waals surface area contributed by atoms with Gasteiger partial charge in [-0.15, -0.1) is 0 Å². The second-order valence-electron chi connectivity index (χ2n) is 8.25. The summed E-state index contributed by atoms with van der Waals surface area (Å²) in [5, 5.41) is 6.57. The molecule has 0 atom stereocenters. The molecule has 4 aromatic rings. The van der Waals surface area contributed by atoms with Gasteiger partial charge in [0.05, 0.1) is 5.52 Å². The summed E-state index contributed by atoms with van der Waals surface area (Å²) in [4.78, 5) is 38.7. The number of aryl methyl sites for hydroxylation is 3. The molecule has 3 aromatic carbocycles. The van der Waals surface area contributed by atoms with Crippen LogP contribution in [-0.4, -0.2) is 22.4 Å². The van der Waals surface area contributed by atoms with Crippen molar-refractivity contribution < 1.29 is 14.4 Å². The van der Waals surface area contributed by atoms with Crippen molar-refractivity contribution in [3.05, 3.63) is 92.5 Å². The number of carbonyl (C=O) groups excluding carboxylic acids is 3. The van der Waals surface area contributed by atoms with E-state index in [9.17, 15) is 14.4 Å². The number of rotatable bonds is 4. The SMILES string of the molecule is Cc1cc(C)cc(NC(=O)C(=O)Nn2c(C(=O)Nc3ccc(Br)cc3C)cc3cc(Cl)ccc32)c1. The van der Waals surface area contributed by atoms with Crippen molar-refractivity contribution >= 4 is 67.5 Å². The Morgan fingerprint density at radius 1 is 0.829 bits per heavy atom. The average molecular weight is 554 g/mol. The Hall–Kier alpha value is -3.62. The number of anilines is 2. The standard InChI is InChI=1S/C26H22BrClN4O3/c1-14-8-15(2)10-20(9-14)29-25(34)26(35)31-32-22-7-5-19(28)12-17(22)13-23(32)24(33)30-21-6-4-18(27)11-16(21)3/h4-13H,1-3H3,(H,29,34)(H,30,33)(H,31,35). The summed E-state index contributed by atoms with van der Waals surface area (Å²) in [7, 11) is 0. The van der Waals surface area contributed by atoms with Crippen molar-refractivity contribution in [1.29, 1.82) is 0 Å². The van der Waals surface area contributed by atoms with Gasteiger partial charge in [0.15, 0.2) is 0 Å². The van der Waals surface area contributed by atoms with Gasteiger partial charge in [-0.05, 0) is 92.1 Å². The van der Waals surface area contributed by atoms with Gasteiger partial charge in [-0.1, -0.05) is 33.6 Å². The normalized spacial score (nSPS) is 10.8. The summed E-state index contributed by atoms with van der Waals surface area (Å²) in [6.45, 7) is 5.67. The van der Waals surface area contributed by atoms with Gasteiger partial charge in [-0.3, -0.25) is 19.8 Å². The Morgan fingerprint density at radius 2 is 1.54 bits per heavy atom. The van der Waals surface area contributed by atoms with Crippen LogP contribution < -0.4 is 16.1 Å². The zero-order valence-corrected chi connectivity index (χ0v) is 21.5. The molecule has 35 heavy (non-hydrogen) atoms. The van der Waals surface area contributed by atoms with E-state index < -0.39 is 17.7 Å². The number of nitrogens with one attached hydrogen (secondary N) is 3. The van der Waals surface area contributed by atoms with Gasteiger partial charge < -0.3 is 10.6 Å². The van der Waals surface area contributed by atoms with Crippen LogP contribution in [0.25, 0.3) is 10.9 Å². The largest absolute Gasteiger partial charge is 0.328 e. The molecule has 0 fully saturated rings. The maximum atomic E-state index is 13.2. The Morgan fingerprint density at radius 3 is 2.23 bits per heavy atom. The zero-order chi connectivity index (χ0) is 25.3. The number of benzene rings is 3. The summed E-state index contributed by atoms with van der Waals surface area (Å²) < 4.78 is 2.18. The van der Waals surface area contributed by atoms with E-state index in [1.165, 1.54) is 4.68 Å². The molecule has 0 saturated heterocycles. The molecule has 7 nitrogen and oxygen atoms in total. The van der Waals surface area contributed by atoms with Gasteiger partial charge >= 0.3 is 11.8 Å². The Balaban J connectivity index is 1.64. The molecular weight excluding hydrogens is 532 g/mol. The van der Waals surface area contributed by atoms with Crippen LogP contribution in [0.3, 0.4) is 0 Å². The molecule has 0 aliphatic rings. The van der Waals surface area contributed by atoms with E-state index >= 15 is 0 Å². The summed E-state index contributed by atoms with van der Waals surface area (Å²) in [5.41, 5.74) is 7.09. The highest BCUT2D eigenvalue weighted by Crippen LogP contribution is 2.25. The molecule has 9 heteroatoms. The Labute approximate surface area is 215 Å². The van der Waals surface area contributed by atoms with Crippen molar-refractivity contribution in [3.8, 4) is 0 Å². The fraction of sp³-hybridized carbons (Fsp3) is 0.115. The number of carbonyl (C=O) groups is 3. The lowest BCUT2D eigenvalue weighted by molar-refractivity contribution is -0.133. The third-order valence-electron chi connectivity index (χ3n) is 5.33. The third kappa shape index (κ3) is 5.55. The number of halogens is 2. The van der Waals surface area contributed by atoms with Crippen LogP contribution in [0.1, 0.15) is 27.2 Å². The van der Waals surface area contributed by atoms with Crippen LogP contribution in [-0.2, 0) is 9.59 Å². The van der Waals surface area contributed by atoms with Gasteiger partial charge in [-0.2, -0.15) is 0 Å². The number of aromatic nitrogens is 1. The minimum Gasteiger partial charge on any atom is -0.320 e. The van der Waals surface area contributed by atoms with Gasteiger partial charge in [0, 0.05) is 26.3 Å². The van der Waals surface area contributed by atoms with E-state index in [4.69, 9.17) is 11.6 Å². The zero-order valence-electron chi connectivity index (χ0n) is 19.2. The topological polar surface area (TPSA) is 92.2 Å². The fourth-order valence-corrected chi connectivity index (χ4v) is 4.47. The first-order valence-corrected chi connectivity index (χ1v) is 11.9. The van der Waals surface area contributed by atoms with Crippen molar-refractivity contribution in [2.75, 3.05) is 16.1 Å². The second kappa shape index (κ2) is 9.93. The summed E-state index contributed by atoms with van der Waals surface area (Å²) in [5.74, 6) is -2.25. The highest BCUT2D eigenvalue weighted by molar-refractivity contribution is 9.10. The van der Waals surface area contributed by atoms with Gasteiger partial charge in [0.1, 0.15) is 5.69 Å². The van der Waals surface area contributed by atoms with E-state index in [1.807, 2.05) is 39.0 Å². The smallest absolute Gasteiger partial charge is 0.320 e. The maximum absolute atomic E-state index is 13.2. The van der Waals surface area contributed by atoms with Crippen molar-refractivity contribution in [2.45, 2.75) is 20.8 Å². The highest BCUT2D eigenvalue weighted by atomic mass is 79.9. The predicted octanol–water partition coefficient (Wildman–Crippen LogP) is 5.94. The molecular formula is C26H22BrClN4O3. The molecule has 178 valence electrons. The molecule has 1 heterocycles. The van der Waals surface area contributed by atoms with E-state index in [2.05, 4.69) is 32.0 Å². The molecule has 0 unspecified atom stereocenters. The van der Waals surface area contributed by atoms with Crippen LogP contribution in [0.15, 0.2) is 65.1 Å². The van der Waals surface area contributed by atoms with Gasteiger partial charge in [0.2, 0.25) is 0 Å². The molecule has 0 aliphatic heterocycles. The first-order valence-electron chi connectivity index (χ1n) is 10.7. The average Bonchev–Trinajstić information content (AvgIpc) is 3.12. The number of amides is 3. The van der Waals surface area contributed by atoms with Crippen molar-refractivity contribution in [1.82, 2.24) is 4.68 Å². The monoisotopic (exact) mass is 552 g/mol. The molecule has 0 saturated carbocycles. The molecule has 3 amide bonds. The van der Waals surface area contributed by atoms with E-state index in [-0.39, 0.29) is 5.69 Å². The number of nitrogens with zero attached hydrogens (tertiary/aromatic N) is 1. The van der Waals surface area contributed by atoms with E-state index in [0.717, 1.165) is 21.2 Å². The number of hydrogen-bond donors (Lipinski definition) is 3. The molecule has 0 radical (unpaired) electrons. The van der Waals surface area contributed by atoms with Crippen molar-refractivity contribution in [3.63, 3.8) is 0 Å². The molecule has 3 N–H and O–H groups in total. The minimum atomic E-state index is -0.925. The van der Waals surface area contributed by atoms with Crippen LogP contribution in [0.5, 0.6) is 0 Å². The Bertz CT molecular complexity index is 1480. The lowest BCUT2D eigenvalue weighted by atomic mass is 10.1. The molecule has 1 aromatic heterocycles. The van der Waals surface area contributed by atoms with Crippen LogP contribution in [0.4, 0.5) is 11.4 Å². The first kappa shape index (κ1) is 24.5. The van der Waals surface area contributed by atoms with Crippen LogP contribution in [0, 0.1) is 20.8 Å². The second-order valence-corrected chi connectivity index (χ2v) is 9.61. The van der Waals surface area contributed by atoms with Crippen molar-refractivity contribution in [2.24, 2.45) is 0 Å². The van der Waals surface area contributed by atoms with Gasteiger partial charge in [-0.25, -0.2) is 4.68 Å². The molecule has 4 rings (SSSR count). The molecule has 0 aliphatic carbocycles. The lowest BCUT2D eigenvalue weighted by Gasteiger charge is -2.14. The van der Waals surface area contributed by atoms with E-state index in [1.54, 1.807) is 42.5 Å². The third-order valence-corrected chi connectivity index (χ3v) is 6.06. The highest BCUT2D eigenvalue weighted by Gasteiger charge is 2.21. The summed E-state index contributed by atoms with van der Waals surface area (Å²) in [6.07, 6.45) is 0. The van der Waals surface area contributed by atoms with Gasteiger partial charge in [0.25, 0.3) is 5.91 Å². The minimum absolute atomic E-state index is 0.136. The predicted molar refractivity (Wildman–Crippen MR) is 143 cm³/mol.